The largest absolute Gasteiger partial charge is 0.392 e. The highest BCUT2D eigenvalue weighted by molar-refractivity contribution is 5.74. The predicted molar refractivity (Wildman–Crippen MR) is 171 cm³/mol. The van der Waals surface area contributed by atoms with Crippen molar-refractivity contribution in [3.05, 3.63) is 95.1 Å². The molecular formula is C36H45N3O6. The van der Waals surface area contributed by atoms with Gasteiger partial charge in [-0.1, -0.05) is 67.6 Å². The van der Waals surface area contributed by atoms with Gasteiger partial charge < -0.3 is 39.6 Å². The zero-order valence-corrected chi connectivity index (χ0v) is 26.2. The molecule has 4 unspecified atom stereocenters. The molecule has 0 aromatic heterocycles. The fourth-order valence-electron chi connectivity index (χ4n) is 6.58. The summed E-state index contributed by atoms with van der Waals surface area (Å²) in [6.07, 6.45) is 0.943. The molecule has 9 nitrogen and oxygen atoms in total. The van der Waals surface area contributed by atoms with Gasteiger partial charge >= 0.3 is 6.03 Å². The van der Waals surface area contributed by atoms with E-state index in [-0.39, 0.29) is 30.8 Å². The van der Waals surface area contributed by atoms with Crippen molar-refractivity contribution in [3.8, 4) is 11.1 Å². The molecule has 0 bridgehead atoms. The van der Waals surface area contributed by atoms with E-state index in [4.69, 9.17) is 18.9 Å². The molecule has 3 aromatic rings. The third-order valence-electron chi connectivity index (χ3n) is 9.20. The summed E-state index contributed by atoms with van der Waals surface area (Å²) < 4.78 is 25.4. The molecule has 45 heavy (non-hydrogen) atoms. The summed E-state index contributed by atoms with van der Waals surface area (Å²) >= 11 is 0. The molecule has 0 radical (unpaired) electrons. The van der Waals surface area contributed by atoms with Crippen molar-refractivity contribution >= 4 is 6.03 Å². The molecule has 3 fully saturated rings. The van der Waals surface area contributed by atoms with Crippen molar-refractivity contribution in [3.63, 3.8) is 0 Å². The molecule has 3 aromatic carbocycles. The first-order chi connectivity index (χ1) is 21.9. The number of rotatable bonds is 9. The lowest BCUT2D eigenvalue weighted by atomic mass is 9.89. The fourth-order valence-corrected chi connectivity index (χ4v) is 6.58. The van der Waals surface area contributed by atoms with E-state index in [0.29, 0.717) is 26.3 Å². The normalized spacial score (nSPS) is 24.9. The lowest BCUT2D eigenvalue weighted by Crippen LogP contribution is -2.50. The highest BCUT2D eigenvalue weighted by Crippen LogP contribution is 2.43. The molecule has 0 aliphatic carbocycles. The van der Waals surface area contributed by atoms with E-state index >= 15 is 0 Å². The second kappa shape index (κ2) is 14.4. The Balaban J connectivity index is 1.21. The topological polar surface area (TPSA) is 102 Å². The Morgan fingerprint density at radius 1 is 0.889 bits per heavy atom. The summed E-state index contributed by atoms with van der Waals surface area (Å²) in [7, 11) is 0. The van der Waals surface area contributed by atoms with Gasteiger partial charge in [0.25, 0.3) is 0 Å². The van der Waals surface area contributed by atoms with Crippen LogP contribution in [-0.4, -0.2) is 67.3 Å². The zero-order valence-electron chi connectivity index (χ0n) is 26.2. The summed E-state index contributed by atoms with van der Waals surface area (Å²) in [5, 5.41) is 15.3. The zero-order chi connectivity index (χ0) is 31.2. The molecule has 9 heteroatoms. The van der Waals surface area contributed by atoms with Crippen LogP contribution in [0.15, 0.2) is 72.8 Å². The SMILES string of the molecule is CCNC(=O)NCc1cccc(-c2cccc(C3OC(CN4CCC5(CC4)OCCO5)C(C)C(c4ccc(CO)cc4)O3)c2)c1. The van der Waals surface area contributed by atoms with Crippen molar-refractivity contribution in [1.82, 2.24) is 15.5 Å². The van der Waals surface area contributed by atoms with Gasteiger partial charge in [-0.25, -0.2) is 4.79 Å². The van der Waals surface area contributed by atoms with Gasteiger partial charge in [0, 0.05) is 57.0 Å². The van der Waals surface area contributed by atoms with E-state index in [1.807, 2.05) is 37.3 Å². The number of likely N-dealkylation sites (tertiary alicyclic amines) is 1. The van der Waals surface area contributed by atoms with Crippen LogP contribution in [0.5, 0.6) is 0 Å². The van der Waals surface area contributed by atoms with Gasteiger partial charge in [-0.2, -0.15) is 0 Å². The maximum atomic E-state index is 11.9. The molecule has 1 spiro atoms. The number of nitrogens with one attached hydrogen (secondary N) is 2. The third-order valence-corrected chi connectivity index (χ3v) is 9.20. The van der Waals surface area contributed by atoms with Crippen LogP contribution in [0.1, 0.15) is 61.3 Å². The minimum Gasteiger partial charge on any atom is -0.392 e. The molecule has 3 heterocycles. The molecule has 3 aliphatic heterocycles. The number of nitrogens with zero attached hydrogens (tertiary/aromatic N) is 1. The predicted octanol–water partition coefficient (Wildman–Crippen LogP) is 5.30. The average Bonchev–Trinajstić information content (AvgIpc) is 3.54. The number of carbonyl (C=O) groups excluding carboxylic acids is 1. The Morgan fingerprint density at radius 3 is 2.31 bits per heavy atom. The number of ether oxygens (including phenoxy) is 4. The number of piperidine rings is 1. The molecule has 240 valence electrons. The average molecular weight is 616 g/mol. The summed E-state index contributed by atoms with van der Waals surface area (Å²) in [5.41, 5.74) is 6.04. The van der Waals surface area contributed by atoms with Crippen molar-refractivity contribution in [2.24, 2.45) is 5.92 Å². The third kappa shape index (κ3) is 7.57. The van der Waals surface area contributed by atoms with Crippen LogP contribution in [0.3, 0.4) is 0 Å². The highest BCUT2D eigenvalue weighted by Gasteiger charge is 2.43. The molecule has 3 aliphatic rings. The number of hydrogen-bond acceptors (Lipinski definition) is 7. The van der Waals surface area contributed by atoms with Gasteiger partial charge in [-0.3, -0.25) is 0 Å². The Morgan fingerprint density at radius 2 is 1.60 bits per heavy atom. The first-order valence-electron chi connectivity index (χ1n) is 16.2. The number of aliphatic hydroxyl groups excluding tert-OH is 1. The Labute approximate surface area is 265 Å². The van der Waals surface area contributed by atoms with Gasteiger partial charge in [0.2, 0.25) is 0 Å². The monoisotopic (exact) mass is 615 g/mol. The molecular weight excluding hydrogens is 570 g/mol. The number of urea groups is 1. The van der Waals surface area contributed by atoms with Crippen LogP contribution in [0.2, 0.25) is 0 Å². The van der Waals surface area contributed by atoms with Crippen LogP contribution in [0, 0.1) is 5.92 Å². The summed E-state index contributed by atoms with van der Waals surface area (Å²) in [5.74, 6) is -0.304. The van der Waals surface area contributed by atoms with Crippen LogP contribution < -0.4 is 10.6 Å². The van der Waals surface area contributed by atoms with E-state index in [2.05, 4.69) is 64.9 Å². The maximum Gasteiger partial charge on any atom is 0.315 e. The molecule has 3 N–H and O–H groups in total. The maximum absolute atomic E-state index is 11.9. The second-order valence-electron chi connectivity index (χ2n) is 12.3. The van der Waals surface area contributed by atoms with Gasteiger partial charge in [0.1, 0.15) is 0 Å². The number of hydrogen-bond donors (Lipinski definition) is 3. The lowest BCUT2D eigenvalue weighted by Gasteiger charge is -2.44. The van der Waals surface area contributed by atoms with Crippen molar-refractivity contribution in [1.29, 1.82) is 0 Å². The van der Waals surface area contributed by atoms with Gasteiger partial charge in [0.15, 0.2) is 12.1 Å². The van der Waals surface area contributed by atoms with E-state index in [1.54, 1.807) is 0 Å². The number of carbonyl (C=O) groups is 1. The van der Waals surface area contributed by atoms with E-state index in [1.165, 1.54) is 0 Å². The molecule has 6 rings (SSSR count). The van der Waals surface area contributed by atoms with E-state index in [0.717, 1.165) is 65.9 Å². The molecule has 2 amide bonds. The Kier molecular flexibility index (Phi) is 10.1. The summed E-state index contributed by atoms with van der Waals surface area (Å²) in [6.45, 7) is 9.08. The van der Waals surface area contributed by atoms with Crippen LogP contribution >= 0.6 is 0 Å². The number of amides is 2. The minimum absolute atomic E-state index is 0.00951. The first-order valence-corrected chi connectivity index (χ1v) is 16.2. The standard InChI is InChI=1S/C36H45N3O6/c1-3-37-35(41)38-22-27-6-4-7-29(20-27)30-8-5-9-31(21-30)34-44-32(23-39-16-14-36(15-17-39)42-18-19-43-36)25(2)33(45-34)28-12-10-26(24-40)11-13-28/h4-13,20-21,25,32-34,40H,3,14-19,22-24H2,1-2H3,(H2,37,38,41). The smallest absolute Gasteiger partial charge is 0.315 e. The second-order valence-corrected chi connectivity index (χ2v) is 12.3. The van der Waals surface area contributed by atoms with E-state index in [9.17, 15) is 9.90 Å². The summed E-state index contributed by atoms with van der Waals surface area (Å²) in [6, 6.07) is 24.4. The molecule has 4 atom stereocenters. The van der Waals surface area contributed by atoms with Gasteiger partial charge in [0.05, 0.1) is 32.0 Å². The van der Waals surface area contributed by atoms with Crippen LogP contribution in [0.25, 0.3) is 11.1 Å². The van der Waals surface area contributed by atoms with Gasteiger partial charge in [-0.15, -0.1) is 0 Å². The lowest BCUT2D eigenvalue weighted by molar-refractivity contribution is -0.278. The minimum atomic E-state index is -0.547. The summed E-state index contributed by atoms with van der Waals surface area (Å²) in [4.78, 5) is 14.4. The fraction of sp³-hybridized carbons (Fsp3) is 0.472. The first kappa shape index (κ1) is 31.7. The molecule has 0 saturated carbocycles. The van der Waals surface area contributed by atoms with Crippen LogP contribution in [-0.2, 0) is 32.1 Å². The Hall–Kier alpha value is -3.31. The molecule has 3 saturated heterocycles. The van der Waals surface area contributed by atoms with Crippen molar-refractivity contribution in [2.45, 2.75) is 64.1 Å². The van der Waals surface area contributed by atoms with Crippen LogP contribution in [0.4, 0.5) is 4.79 Å². The number of benzene rings is 3. The number of aliphatic hydroxyl groups is 1. The quantitative estimate of drug-likeness (QED) is 0.301. The highest BCUT2D eigenvalue weighted by atomic mass is 16.7. The Bertz CT molecular complexity index is 1420. The van der Waals surface area contributed by atoms with Gasteiger partial charge in [-0.05, 0) is 46.9 Å². The van der Waals surface area contributed by atoms with Crippen molar-refractivity contribution < 1.29 is 28.8 Å². The van der Waals surface area contributed by atoms with E-state index < -0.39 is 12.1 Å². The van der Waals surface area contributed by atoms with Crippen molar-refractivity contribution in [2.75, 3.05) is 39.4 Å².